The fourth-order valence-electron chi connectivity index (χ4n) is 2.80. The Morgan fingerprint density at radius 3 is 2.61 bits per heavy atom. The maximum absolute atomic E-state index is 12.1. The average Bonchev–Trinajstić information content (AvgIpc) is 2.59. The van der Waals surface area contributed by atoms with Crippen LogP contribution < -0.4 is 10.9 Å². The Kier molecular flexibility index (Phi) is 4.83. The van der Waals surface area contributed by atoms with E-state index in [-0.39, 0.29) is 11.6 Å². The Bertz CT molecular complexity index is 827. The van der Waals surface area contributed by atoms with Gasteiger partial charge in [-0.25, -0.2) is 4.98 Å². The highest BCUT2D eigenvalue weighted by atomic mass is 16.1. The molecule has 118 valence electrons. The molecule has 23 heavy (non-hydrogen) atoms. The van der Waals surface area contributed by atoms with Crippen molar-refractivity contribution < 1.29 is 0 Å². The minimum absolute atomic E-state index is 0.0841. The number of nitrogens with one attached hydrogen (secondary N) is 2. The Hall–Kier alpha value is -2.46. The van der Waals surface area contributed by atoms with Crippen molar-refractivity contribution in [3.8, 4) is 0 Å². The summed E-state index contributed by atoms with van der Waals surface area (Å²) < 4.78 is 0. The van der Waals surface area contributed by atoms with Crippen molar-refractivity contribution in [2.45, 2.75) is 32.4 Å². The number of para-hydroxylation sites is 1. The number of nitrogens with zero attached hydrogens (tertiary/aromatic N) is 1. The fourth-order valence-corrected chi connectivity index (χ4v) is 2.80. The Labute approximate surface area is 135 Å². The number of fused-ring (bicyclic) bond motifs is 1. The summed E-state index contributed by atoms with van der Waals surface area (Å²) in [6.07, 6.45) is 2.13. The minimum atomic E-state index is -0.0841. The second-order valence-corrected chi connectivity index (χ2v) is 5.66. The first-order valence-corrected chi connectivity index (χ1v) is 8.04. The minimum Gasteiger partial charge on any atom is -0.309 e. The summed E-state index contributed by atoms with van der Waals surface area (Å²) in [7, 11) is 0. The van der Waals surface area contributed by atoms with Crippen molar-refractivity contribution in [1.82, 2.24) is 15.3 Å². The maximum Gasteiger partial charge on any atom is 0.258 e. The molecule has 1 heterocycles. The van der Waals surface area contributed by atoms with E-state index in [0.717, 1.165) is 18.4 Å². The highest BCUT2D eigenvalue weighted by Crippen LogP contribution is 2.18. The lowest BCUT2D eigenvalue weighted by molar-refractivity contribution is 0.485. The molecule has 1 unspecified atom stereocenters. The van der Waals surface area contributed by atoms with Gasteiger partial charge in [0, 0.05) is 6.04 Å². The molecule has 4 nitrogen and oxygen atoms in total. The van der Waals surface area contributed by atoms with Gasteiger partial charge in [0.2, 0.25) is 0 Å². The van der Waals surface area contributed by atoms with E-state index in [2.05, 4.69) is 46.5 Å². The number of rotatable bonds is 6. The normalized spacial score (nSPS) is 12.4. The number of hydrogen-bond acceptors (Lipinski definition) is 3. The molecule has 0 aliphatic rings. The van der Waals surface area contributed by atoms with E-state index in [1.54, 1.807) is 6.07 Å². The lowest BCUT2D eigenvalue weighted by Crippen LogP contribution is -2.24. The molecule has 1 aromatic heterocycles. The van der Waals surface area contributed by atoms with E-state index >= 15 is 0 Å². The van der Waals surface area contributed by atoms with Crippen molar-refractivity contribution >= 4 is 10.9 Å². The van der Waals surface area contributed by atoms with E-state index in [1.165, 1.54) is 5.56 Å². The molecule has 0 spiro atoms. The van der Waals surface area contributed by atoms with Crippen molar-refractivity contribution in [2.75, 3.05) is 0 Å². The molecule has 0 saturated heterocycles. The summed E-state index contributed by atoms with van der Waals surface area (Å²) in [5.41, 5.74) is 1.91. The molecule has 0 fully saturated rings. The molecule has 0 saturated carbocycles. The predicted octanol–water partition coefficient (Wildman–Crippen LogP) is 3.55. The van der Waals surface area contributed by atoms with Gasteiger partial charge in [-0.3, -0.25) is 4.79 Å². The standard InChI is InChI=1S/C19H21N3O/c1-2-8-16(14-9-4-3-5-10-14)20-13-18-21-17-12-7-6-11-15(17)19(23)22-18/h3-7,9-12,16,20H,2,8,13H2,1H3,(H,21,22,23). The summed E-state index contributed by atoms with van der Waals surface area (Å²) in [6, 6.07) is 18.1. The maximum atomic E-state index is 12.1. The number of aromatic amines is 1. The van der Waals surface area contributed by atoms with Crippen LogP contribution in [0.25, 0.3) is 10.9 Å². The summed E-state index contributed by atoms with van der Waals surface area (Å²) in [5.74, 6) is 0.672. The molecule has 0 aliphatic carbocycles. The molecule has 0 radical (unpaired) electrons. The van der Waals surface area contributed by atoms with Crippen LogP contribution in [0.15, 0.2) is 59.4 Å². The zero-order chi connectivity index (χ0) is 16.1. The van der Waals surface area contributed by atoms with Crippen LogP contribution in [0, 0.1) is 0 Å². The smallest absolute Gasteiger partial charge is 0.258 e. The summed E-state index contributed by atoms with van der Waals surface area (Å²) in [4.78, 5) is 19.5. The third-order valence-corrected chi connectivity index (χ3v) is 3.96. The molecular weight excluding hydrogens is 286 g/mol. The molecular formula is C19H21N3O. The van der Waals surface area contributed by atoms with Gasteiger partial charge in [-0.2, -0.15) is 0 Å². The van der Waals surface area contributed by atoms with E-state index in [1.807, 2.05) is 24.3 Å². The van der Waals surface area contributed by atoms with E-state index in [9.17, 15) is 4.79 Å². The van der Waals surface area contributed by atoms with Gasteiger partial charge in [-0.15, -0.1) is 0 Å². The molecule has 3 rings (SSSR count). The first-order valence-electron chi connectivity index (χ1n) is 8.04. The predicted molar refractivity (Wildman–Crippen MR) is 93.3 cm³/mol. The van der Waals surface area contributed by atoms with Gasteiger partial charge < -0.3 is 10.3 Å². The van der Waals surface area contributed by atoms with Gasteiger partial charge in [0.05, 0.1) is 17.4 Å². The largest absolute Gasteiger partial charge is 0.309 e. The lowest BCUT2D eigenvalue weighted by atomic mass is 10.0. The van der Waals surface area contributed by atoms with Gasteiger partial charge >= 0.3 is 0 Å². The Morgan fingerprint density at radius 2 is 1.83 bits per heavy atom. The van der Waals surface area contributed by atoms with Crippen molar-refractivity contribution in [1.29, 1.82) is 0 Å². The molecule has 1 atom stereocenters. The molecule has 0 amide bonds. The molecule has 0 bridgehead atoms. The molecule has 2 N–H and O–H groups in total. The first kappa shape index (κ1) is 15.4. The SMILES string of the molecule is CCCC(NCc1nc2ccccc2c(=O)[nH]1)c1ccccc1. The van der Waals surface area contributed by atoms with E-state index in [0.29, 0.717) is 17.8 Å². The van der Waals surface area contributed by atoms with Gasteiger partial charge in [0.1, 0.15) is 5.82 Å². The van der Waals surface area contributed by atoms with E-state index < -0.39 is 0 Å². The van der Waals surface area contributed by atoms with Crippen LogP contribution in [0.1, 0.15) is 37.2 Å². The fraction of sp³-hybridized carbons (Fsp3) is 0.263. The number of H-pyrrole nitrogens is 1. The van der Waals surface area contributed by atoms with Crippen LogP contribution in [0.2, 0.25) is 0 Å². The van der Waals surface area contributed by atoms with Crippen LogP contribution in [-0.4, -0.2) is 9.97 Å². The zero-order valence-electron chi connectivity index (χ0n) is 13.3. The van der Waals surface area contributed by atoms with Crippen LogP contribution in [0.4, 0.5) is 0 Å². The molecule has 0 aliphatic heterocycles. The molecule has 3 aromatic rings. The third-order valence-electron chi connectivity index (χ3n) is 3.96. The van der Waals surface area contributed by atoms with Gasteiger partial charge in [0.15, 0.2) is 0 Å². The summed E-state index contributed by atoms with van der Waals surface area (Å²) >= 11 is 0. The second kappa shape index (κ2) is 7.20. The van der Waals surface area contributed by atoms with E-state index in [4.69, 9.17) is 0 Å². The van der Waals surface area contributed by atoms with Crippen molar-refractivity contribution in [3.05, 3.63) is 76.3 Å². The Morgan fingerprint density at radius 1 is 1.09 bits per heavy atom. The summed E-state index contributed by atoms with van der Waals surface area (Å²) in [6.45, 7) is 2.72. The van der Waals surface area contributed by atoms with Crippen LogP contribution >= 0.6 is 0 Å². The molecule has 4 heteroatoms. The van der Waals surface area contributed by atoms with Gasteiger partial charge in [0.25, 0.3) is 5.56 Å². The third kappa shape index (κ3) is 3.66. The quantitative estimate of drug-likeness (QED) is 0.732. The molecule has 2 aromatic carbocycles. The lowest BCUT2D eigenvalue weighted by Gasteiger charge is -2.18. The monoisotopic (exact) mass is 307 g/mol. The number of benzene rings is 2. The zero-order valence-corrected chi connectivity index (χ0v) is 13.3. The number of hydrogen-bond donors (Lipinski definition) is 2. The highest BCUT2D eigenvalue weighted by Gasteiger charge is 2.11. The Balaban J connectivity index is 1.80. The van der Waals surface area contributed by atoms with Crippen LogP contribution in [-0.2, 0) is 6.54 Å². The van der Waals surface area contributed by atoms with Crippen molar-refractivity contribution in [2.24, 2.45) is 0 Å². The van der Waals surface area contributed by atoms with Gasteiger partial charge in [-0.1, -0.05) is 55.8 Å². The average molecular weight is 307 g/mol. The summed E-state index contributed by atoms with van der Waals surface area (Å²) in [5, 5.41) is 4.14. The topological polar surface area (TPSA) is 57.8 Å². The van der Waals surface area contributed by atoms with Gasteiger partial charge in [-0.05, 0) is 24.1 Å². The second-order valence-electron chi connectivity index (χ2n) is 5.66. The number of aromatic nitrogens is 2. The van der Waals surface area contributed by atoms with Crippen molar-refractivity contribution in [3.63, 3.8) is 0 Å². The highest BCUT2D eigenvalue weighted by molar-refractivity contribution is 5.77. The first-order chi connectivity index (χ1) is 11.3. The van der Waals surface area contributed by atoms with Crippen LogP contribution in [0.5, 0.6) is 0 Å². The van der Waals surface area contributed by atoms with Crippen LogP contribution in [0.3, 0.4) is 0 Å².